The molecule has 0 aliphatic heterocycles. The van der Waals surface area contributed by atoms with Gasteiger partial charge in [-0.1, -0.05) is 13.3 Å². The lowest BCUT2D eigenvalue weighted by Gasteiger charge is -2.27. The van der Waals surface area contributed by atoms with Gasteiger partial charge in [0.25, 0.3) is 0 Å². The molecule has 114 valence electrons. The van der Waals surface area contributed by atoms with E-state index in [0.29, 0.717) is 15.7 Å². The fourth-order valence-corrected chi connectivity index (χ4v) is 4.03. The van der Waals surface area contributed by atoms with Gasteiger partial charge in [0.15, 0.2) is 0 Å². The zero-order valence-corrected chi connectivity index (χ0v) is 12.7. The fraction of sp³-hybridized carbons (Fsp3) is 0.562. The predicted molar refractivity (Wildman–Crippen MR) is 78.1 cm³/mol. The number of hydrogen-bond donors (Lipinski definition) is 0. The minimum absolute atomic E-state index is 0.323. The summed E-state index contributed by atoms with van der Waals surface area (Å²) in [4.78, 5) is 0.465. The smallest absolute Gasteiger partial charge is 0.192 e. The lowest BCUT2D eigenvalue weighted by Crippen LogP contribution is -2.15. The molecule has 0 amide bonds. The second-order valence-corrected chi connectivity index (χ2v) is 6.83. The molecule has 0 bridgehead atoms. The van der Waals surface area contributed by atoms with Gasteiger partial charge >= 0.3 is 6.18 Å². The van der Waals surface area contributed by atoms with Gasteiger partial charge in [-0.15, -0.1) is 11.8 Å². The first kappa shape index (κ1) is 16.2. The SMILES string of the molecule is CCC1CCC(Sc2cc(C(F)(F)F)ccc2C#N)CC1. The minimum Gasteiger partial charge on any atom is -0.192 e. The zero-order chi connectivity index (χ0) is 15.5. The third kappa shape index (κ3) is 4.16. The van der Waals surface area contributed by atoms with Gasteiger partial charge in [0.1, 0.15) is 6.07 Å². The van der Waals surface area contributed by atoms with Crippen LogP contribution in [-0.4, -0.2) is 5.25 Å². The van der Waals surface area contributed by atoms with E-state index >= 15 is 0 Å². The third-order valence-electron chi connectivity index (χ3n) is 4.09. The second-order valence-electron chi connectivity index (χ2n) is 5.49. The Kier molecular flexibility index (Phi) is 5.21. The lowest BCUT2D eigenvalue weighted by atomic mass is 9.87. The van der Waals surface area contributed by atoms with Crippen LogP contribution < -0.4 is 0 Å². The number of nitriles is 1. The van der Waals surface area contributed by atoms with E-state index in [-0.39, 0.29) is 0 Å². The highest BCUT2D eigenvalue weighted by atomic mass is 32.2. The molecular formula is C16H18F3NS. The predicted octanol–water partition coefficient (Wildman–Crippen LogP) is 5.64. The summed E-state index contributed by atoms with van der Waals surface area (Å²) in [5, 5.41) is 9.40. The molecule has 1 aromatic rings. The Morgan fingerprint density at radius 3 is 2.43 bits per heavy atom. The summed E-state index contributed by atoms with van der Waals surface area (Å²) in [7, 11) is 0. The van der Waals surface area contributed by atoms with Crippen molar-refractivity contribution in [3.8, 4) is 6.07 Å². The Morgan fingerprint density at radius 1 is 1.24 bits per heavy atom. The highest BCUT2D eigenvalue weighted by molar-refractivity contribution is 8.00. The first-order valence-corrected chi connectivity index (χ1v) is 8.10. The van der Waals surface area contributed by atoms with E-state index in [1.807, 2.05) is 6.07 Å². The molecule has 1 nitrogen and oxygen atoms in total. The topological polar surface area (TPSA) is 23.8 Å². The van der Waals surface area contributed by atoms with E-state index in [2.05, 4.69) is 6.92 Å². The van der Waals surface area contributed by atoms with Gasteiger partial charge < -0.3 is 0 Å². The molecule has 0 saturated heterocycles. The molecule has 5 heteroatoms. The van der Waals surface area contributed by atoms with E-state index in [4.69, 9.17) is 5.26 Å². The van der Waals surface area contributed by atoms with Gasteiger partial charge in [-0.2, -0.15) is 18.4 Å². The number of thioether (sulfide) groups is 1. The Hall–Kier alpha value is -1.15. The van der Waals surface area contributed by atoms with Crippen LogP contribution >= 0.6 is 11.8 Å². The standard InChI is InChI=1S/C16H18F3NS/c1-2-11-3-7-14(8-4-11)21-15-9-13(16(17,18)19)6-5-12(15)10-20/h5-6,9,11,14H,2-4,7-8H2,1H3. The molecule has 0 unspecified atom stereocenters. The van der Waals surface area contributed by atoms with Crippen LogP contribution in [0.25, 0.3) is 0 Å². The average molecular weight is 313 g/mol. The molecule has 0 aromatic heterocycles. The molecule has 2 rings (SSSR count). The molecule has 1 aliphatic rings. The molecule has 1 aliphatic carbocycles. The largest absolute Gasteiger partial charge is 0.416 e. The van der Waals surface area contributed by atoms with Gasteiger partial charge in [-0.05, 0) is 49.8 Å². The summed E-state index contributed by atoms with van der Waals surface area (Å²) in [6.07, 6.45) is 1.12. The summed E-state index contributed by atoms with van der Waals surface area (Å²) < 4.78 is 38.4. The normalized spacial score (nSPS) is 22.8. The van der Waals surface area contributed by atoms with Gasteiger partial charge in [0.05, 0.1) is 11.1 Å². The first-order chi connectivity index (χ1) is 9.94. The second kappa shape index (κ2) is 6.74. The summed E-state index contributed by atoms with van der Waals surface area (Å²) >= 11 is 1.44. The first-order valence-electron chi connectivity index (χ1n) is 7.22. The van der Waals surface area contributed by atoms with Crippen molar-refractivity contribution >= 4 is 11.8 Å². The maximum absolute atomic E-state index is 12.8. The fourth-order valence-electron chi connectivity index (χ4n) is 2.73. The van der Waals surface area contributed by atoms with Crippen LogP contribution in [0.4, 0.5) is 13.2 Å². The zero-order valence-electron chi connectivity index (χ0n) is 11.9. The van der Waals surface area contributed by atoms with E-state index in [1.54, 1.807) is 0 Å². The highest BCUT2D eigenvalue weighted by Crippen LogP contribution is 2.40. The maximum Gasteiger partial charge on any atom is 0.416 e. The van der Waals surface area contributed by atoms with Crippen LogP contribution in [0.2, 0.25) is 0 Å². The number of halogens is 3. The molecule has 0 heterocycles. The van der Waals surface area contributed by atoms with Crippen molar-refractivity contribution in [1.82, 2.24) is 0 Å². The Bertz CT molecular complexity index is 525. The van der Waals surface area contributed by atoms with E-state index in [9.17, 15) is 13.2 Å². The quantitative estimate of drug-likeness (QED) is 0.721. The number of hydrogen-bond acceptors (Lipinski definition) is 2. The van der Waals surface area contributed by atoms with Gasteiger partial charge in [-0.3, -0.25) is 0 Å². The van der Waals surface area contributed by atoms with Gasteiger partial charge in [-0.25, -0.2) is 0 Å². The van der Waals surface area contributed by atoms with Crippen molar-refractivity contribution in [1.29, 1.82) is 5.26 Å². The van der Waals surface area contributed by atoms with Crippen LogP contribution in [0, 0.1) is 17.2 Å². The van der Waals surface area contributed by atoms with E-state index in [1.165, 1.54) is 24.2 Å². The Morgan fingerprint density at radius 2 is 1.90 bits per heavy atom. The number of benzene rings is 1. The number of nitrogens with zero attached hydrogens (tertiary/aromatic N) is 1. The molecule has 21 heavy (non-hydrogen) atoms. The van der Waals surface area contributed by atoms with Crippen molar-refractivity contribution in [2.75, 3.05) is 0 Å². The van der Waals surface area contributed by atoms with Crippen LogP contribution in [0.3, 0.4) is 0 Å². The van der Waals surface area contributed by atoms with Crippen molar-refractivity contribution in [2.24, 2.45) is 5.92 Å². The molecule has 0 radical (unpaired) electrons. The lowest BCUT2D eigenvalue weighted by molar-refractivity contribution is -0.137. The van der Waals surface area contributed by atoms with Gasteiger partial charge in [0.2, 0.25) is 0 Å². The Balaban J connectivity index is 2.13. The Labute approximate surface area is 127 Å². The van der Waals surface area contributed by atoms with Crippen LogP contribution in [0.1, 0.15) is 50.2 Å². The number of rotatable bonds is 3. The number of alkyl halides is 3. The molecular weight excluding hydrogens is 295 g/mol. The third-order valence-corrected chi connectivity index (χ3v) is 5.49. The van der Waals surface area contributed by atoms with Crippen LogP contribution in [0.15, 0.2) is 23.1 Å². The molecule has 1 aromatic carbocycles. The van der Waals surface area contributed by atoms with Crippen molar-refractivity contribution < 1.29 is 13.2 Å². The molecule has 0 spiro atoms. The molecule has 0 atom stereocenters. The van der Waals surface area contributed by atoms with Gasteiger partial charge in [0, 0.05) is 10.1 Å². The van der Waals surface area contributed by atoms with E-state index in [0.717, 1.165) is 43.7 Å². The van der Waals surface area contributed by atoms with Crippen molar-refractivity contribution in [3.63, 3.8) is 0 Å². The monoisotopic (exact) mass is 313 g/mol. The summed E-state index contributed by atoms with van der Waals surface area (Å²) in [6, 6.07) is 5.38. The summed E-state index contributed by atoms with van der Waals surface area (Å²) in [5.74, 6) is 0.749. The van der Waals surface area contributed by atoms with Crippen molar-refractivity contribution in [3.05, 3.63) is 29.3 Å². The highest BCUT2D eigenvalue weighted by Gasteiger charge is 2.31. The molecule has 0 N–H and O–H groups in total. The summed E-state index contributed by atoms with van der Waals surface area (Å²) in [5.41, 5.74) is -0.336. The minimum atomic E-state index is -4.36. The molecule has 1 fully saturated rings. The van der Waals surface area contributed by atoms with Crippen LogP contribution in [-0.2, 0) is 6.18 Å². The molecule has 1 saturated carbocycles. The van der Waals surface area contributed by atoms with E-state index < -0.39 is 11.7 Å². The van der Waals surface area contributed by atoms with Crippen LogP contribution in [0.5, 0.6) is 0 Å². The average Bonchev–Trinajstić information content (AvgIpc) is 2.47. The maximum atomic E-state index is 12.8. The van der Waals surface area contributed by atoms with Crippen molar-refractivity contribution in [2.45, 2.75) is 55.3 Å². The summed E-state index contributed by atoms with van der Waals surface area (Å²) in [6.45, 7) is 2.18.